The van der Waals surface area contributed by atoms with E-state index < -0.39 is 0 Å². The summed E-state index contributed by atoms with van der Waals surface area (Å²) in [7, 11) is 0. The van der Waals surface area contributed by atoms with Crippen molar-refractivity contribution in [3.05, 3.63) is 38.3 Å². The molecule has 0 N–H and O–H groups in total. The lowest BCUT2D eigenvalue weighted by Crippen LogP contribution is -2.32. The molecule has 1 aliphatic rings. The Morgan fingerprint density at radius 1 is 1.44 bits per heavy atom. The standard InChI is InChI=1S/C13H17BrN2O2/c1-10-5-7-15(8-6-10)9-11-3-2-4-12(13(11)14)16(17)18/h2-4,10H,5-9H2,1H3. The van der Waals surface area contributed by atoms with Crippen molar-refractivity contribution in [2.45, 2.75) is 26.3 Å². The van der Waals surface area contributed by atoms with Crippen LogP contribution in [0.3, 0.4) is 0 Å². The predicted molar refractivity (Wildman–Crippen MR) is 74.5 cm³/mol. The van der Waals surface area contributed by atoms with Crippen molar-refractivity contribution in [3.63, 3.8) is 0 Å². The maximum atomic E-state index is 10.9. The second kappa shape index (κ2) is 5.80. The van der Waals surface area contributed by atoms with E-state index in [9.17, 15) is 10.1 Å². The normalized spacial score (nSPS) is 17.9. The average Bonchev–Trinajstić information content (AvgIpc) is 2.34. The minimum atomic E-state index is -0.341. The predicted octanol–water partition coefficient (Wildman–Crippen LogP) is 3.59. The number of rotatable bonds is 3. The van der Waals surface area contributed by atoms with Crippen molar-refractivity contribution >= 4 is 21.6 Å². The monoisotopic (exact) mass is 312 g/mol. The summed E-state index contributed by atoms with van der Waals surface area (Å²) in [5.41, 5.74) is 1.15. The SMILES string of the molecule is CC1CCN(Cc2cccc([N+](=O)[O-])c2Br)CC1. The summed E-state index contributed by atoms with van der Waals surface area (Å²) in [6.45, 7) is 5.22. The second-order valence-corrected chi connectivity index (χ2v) is 5.76. The Kier molecular flexibility index (Phi) is 4.35. The van der Waals surface area contributed by atoms with Gasteiger partial charge in [-0.1, -0.05) is 19.1 Å². The molecule has 0 atom stereocenters. The molecule has 0 spiro atoms. The van der Waals surface area contributed by atoms with Gasteiger partial charge in [0.05, 0.1) is 9.40 Å². The molecule has 4 nitrogen and oxygen atoms in total. The van der Waals surface area contributed by atoms with Crippen LogP contribution in [0.25, 0.3) is 0 Å². The van der Waals surface area contributed by atoms with E-state index in [1.807, 2.05) is 6.07 Å². The first-order chi connectivity index (χ1) is 8.58. The number of hydrogen-bond acceptors (Lipinski definition) is 3. The summed E-state index contributed by atoms with van der Waals surface area (Å²) < 4.78 is 0.619. The van der Waals surface area contributed by atoms with Gasteiger partial charge in [0.2, 0.25) is 0 Å². The molecule has 1 saturated heterocycles. The molecule has 1 aromatic rings. The van der Waals surface area contributed by atoms with Gasteiger partial charge in [0, 0.05) is 12.6 Å². The van der Waals surface area contributed by atoms with E-state index >= 15 is 0 Å². The van der Waals surface area contributed by atoms with Gasteiger partial charge in [0.1, 0.15) is 0 Å². The highest BCUT2D eigenvalue weighted by Crippen LogP contribution is 2.30. The topological polar surface area (TPSA) is 46.4 Å². The number of likely N-dealkylation sites (tertiary alicyclic amines) is 1. The van der Waals surface area contributed by atoms with E-state index in [1.54, 1.807) is 6.07 Å². The Labute approximate surface area is 115 Å². The van der Waals surface area contributed by atoms with Gasteiger partial charge in [-0.15, -0.1) is 0 Å². The van der Waals surface area contributed by atoms with Crippen LogP contribution in [0.1, 0.15) is 25.3 Å². The highest BCUT2D eigenvalue weighted by Gasteiger charge is 2.19. The average molecular weight is 313 g/mol. The van der Waals surface area contributed by atoms with E-state index in [2.05, 4.69) is 27.8 Å². The van der Waals surface area contributed by atoms with Crippen LogP contribution in [-0.2, 0) is 6.54 Å². The Morgan fingerprint density at radius 2 is 2.11 bits per heavy atom. The van der Waals surface area contributed by atoms with Crippen LogP contribution in [0.5, 0.6) is 0 Å². The molecule has 98 valence electrons. The minimum Gasteiger partial charge on any atom is -0.299 e. The first-order valence-electron chi connectivity index (χ1n) is 6.22. The zero-order chi connectivity index (χ0) is 13.1. The van der Waals surface area contributed by atoms with E-state index in [1.165, 1.54) is 18.9 Å². The fourth-order valence-corrected chi connectivity index (χ4v) is 2.82. The van der Waals surface area contributed by atoms with E-state index in [0.29, 0.717) is 4.47 Å². The molecule has 18 heavy (non-hydrogen) atoms. The fourth-order valence-electron chi connectivity index (χ4n) is 2.29. The quantitative estimate of drug-likeness (QED) is 0.633. The van der Waals surface area contributed by atoms with Gasteiger partial charge in [-0.2, -0.15) is 0 Å². The smallest absolute Gasteiger partial charge is 0.283 e. The minimum absolute atomic E-state index is 0.151. The number of halogens is 1. The fraction of sp³-hybridized carbons (Fsp3) is 0.538. The molecular formula is C13H17BrN2O2. The van der Waals surface area contributed by atoms with Crippen LogP contribution in [-0.4, -0.2) is 22.9 Å². The molecule has 1 aliphatic heterocycles. The zero-order valence-corrected chi connectivity index (χ0v) is 12.0. The van der Waals surface area contributed by atoms with Crippen LogP contribution in [0.2, 0.25) is 0 Å². The Balaban J connectivity index is 2.10. The molecule has 1 fully saturated rings. The van der Waals surface area contributed by atoms with Crippen LogP contribution >= 0.6 is 15.9 Å². The highest BCUT2D eigenvalue weighted by molar-refractivity contribution is 9.10. The van der Waals surface area contributed by atoms with Crippen LogP contribution in [0.15, 0.2) is 22.7 Å². The first kappa shape index (κ1) is 13.5. The lowest BCUT2D eigenvalue weighted by atomic mass is 9.99. The van der Waals surface area contributed by atoms with Gasteiger partial charge in [-0.05, 0) is 53.3 Å². The largest absolute Gasteiger partial charge is 0.299 e. The number of nitro groups is 1. The molecule has 0 amide bonds. The molecule has 2 rings (SSSR count). The van der Waals surface area contributed by atoms with Gasteiger partial charge in [-0.25, -0.2) is 0 Å². The van der Waals surface area contributed by atoms with Crippen LogP contribution in [0.4, 0.5) is 5.69 Å². The molecule has 1 aromatic carbocycles. The van der Waals surface area contributed by atoms with Crippen molar-refractivity contribution in [3.8, 4) is 0 Å². The van der Waals surface area contributed by atoms with Gasteiger partial charge in [0.15, 0.2) is 0 Å². The summed E-state index contributed by atoms with van der Waals surface area (Å²) in [6, 6.07) is 5.24. The molecule has 0 bridgehead atoms. The lowest BCUT2D eigenvalue weighted by Gasteiger charge is -2.30. The third-order valence-electron chi connectivity index (χ3n) is 3.53. The second-order valence-electron chi connectivity index (χ2n) is 4.97. The van der Waals surface area contributed by atoms with E-state index in [-0.39, 0.29) is 10.6 Å². The number of nitro benzene ring substituents is 1. The molecule has 0 unspecified atom stereocenters. The van der Waals surface area contributed by atoms with Gasteiger partial charge >= 0.3 is 0 Å². The summed E-state index contributed by atoms with van der Waals surface area (Å²) >= 11 is 3.35. The number of piperidine rings is 1. The van der Waals surface area contributed by atoms with Gasteiger partial charge in [0.25, 0.3) is 5.69 Å². The molecule has 0 aromatic heterocycles. The van der Waals surface area contributed by atoms with Crippen molar-refractivity contribution in [1.29, 1.82) is 0 Å². The third-order valence-corrected chi connectivity index (χ3v) is 4.44. The summed E-state index contributed by atoms with van der Waals surface area (Å²) in [6.07, 6.45) is 2.43. The molecule has 1 heterocycles. The Morgan fingerprint density at radius 3 is 2.72 bits per heavy atom. The Hall–Kier alpha value is -0.940. The van der Waals surface area contributed by atoms with E-state index in [4.69, 9.17) is 0 Å². The lowest BCUT2D eigenvalue weighted by molar-refractivity contribution is -0.385. The highest BCUT2D eigenvalue weighted by atomic mass is 79.9. The maximum Gasteiger partial charge on any atom is 0.283 e. The number of nitrogens with zero attached hydrogens (tertiary/aromatic N) is 2. The van der Waals surface area contributed by atoms with Crippen LogP contribution < -0.4 is 0 Å². The summed E-state index contributed by atoms with van der Waals surface area (Å²) in [5.74, 6) is 0.801. The molecule has 0 aliphatic carbocycles. The maximum absolute atomic E-state index is 10.9. The summed E-state index contributed by atoms with van der Waals surface area (Å²) in [4.78, 5) is 12.9. The first-order valence-corrected chi connectivity index (χ1v) is 7.01. The van der Waals surface area contributed by atoms with Crippen molar-refractivity contribution in [2.24, 2.45) is 5.92 Å². The van der Waals surface area contributed by atoms with Crippen molar-refractivity contribution < 1.29 is 4.92 Å². The third kappa shape index (κ3) is 3.09. The zero-order valence-electron chi connectivity index (χ0n) is 10.4. The van der Waals surface area contributed by atoms with Gasteiger partial charge in [-0.3, -0.25) is 15.0 Å². The molecule has 5 heteroatoms. The van der Waals surface area contributed by atoms with Crippen molar-refractivity contribution in [2.75, 3.05) is 13.1 Å². The van der Waals surface area contributed by atoms with Crippen molar-refractivity contribution in [1.82, 2.24) is 4.90 Å². The number of hydrogen-bond donors (Lipinski definition) is 0. The molecular weight excluding hydrogens is 296 g/mol. The molecule has 0 saturated carbocycles. The van der Waals surface area contributed by atoms with Gasteiger partial charge < -0.3 is 0 Å². The Bertz CT molecular complexity index is 443. The molecule has 0 radical (unpaired) electrons. The number of benzene rings is 1. The van der Waals surface area contributed by atoms with Crippen LogP contribution in [0, 0.1) is 16.0 Å². The summed E-state index contributed by atoms with van der Waals surface area (Å²) in [5, 5.41) is 10.9. The van der Waals surface area contributed by atoms with E-state index in [0.717, 1.165) is 31.1 Å².